The van der Waals surface area contributed by atoms with Crippen LogP contribution in [-0.4, -0.2) is 26.3 Å². The zero-order valence-electron chi connectivity index (χ0n) is 8.96. The minimum absolute atomic E-state index is 0.600. The first-order chi connectivity index (χ1) is 7.81. The van der Waals surface area contributed by atoms with E-state index in [0.29, 0.717) is 6.54 Å². The molecule has 2 aromatic heterocycles. The molecule has 86 valence electrons. The zero-order valence-corrected chi connectivity index (χ0v) is 10.6. The lowest BCUT2D eigenvalue weighted by molar-refractivity contribution is 0.627. The highest BCUT2D eigenvalue weighted by Gasteiger charge is 2.09. The topological polar surface area (TPSA) is 69.6 Å². The first kappa shape index (κ1) is 11.6. The molecule has 2 N–H and O–H groups in total. The van der Waals surface area contributed by atoms with Gasteiger partial charge in [-0.15, -0.1) is 21.5 Å². The highest BCUT2D eigenvalue weighted by atomic mass is 32.2. The van der Waals surface area contributed by atoms with Gasteiger partial charge in [0, 0.05) is 24.2 Å². The van der Waals surface area contributed by atoms with Crippen molar-refractivity contribution in [1.29, 1.82) is 0 Å². The second kappa shape index (κ2) is 5.42. The van der Waals surface area contributed by atoms with Gasteiger partial charge in [0.1, 0.15) is 5.82 Å². The van der Waals surface area contributed by atoms with Gasteiger partial charge in [0.05, 0.1) is 11.2 Å². The summed E-state index contributed by atoms with van der Waals surface area (Å²) in [5, 5.41) is 11.1. The maximum absolute atomic E-state index is 5.55. The Balaban J connectivity index is 2.03. The summed E-state index contributed by atoms with van der Waals surface area (Å²) in [7, 11) is 0. The molecule has 0 aliphatic carbocycles. The third-order valence-corrected chi connectivity index (χ3v) is 3.72. The van der Waals surface area contributed by atoms with Gasteiger partial charge in [-0.2, -0.15) is 0 Å². The average molecular weight is 255 g/mol. The first-order valence-corrected chi connectivity index (χ1v) is 6.84. The van der Waals surface area contributed by atoms with Crippen molar-refractivity contribution in [2.75, 3.05) is 6.54 Å². The van der Waals surface area contributed by atoms with Crippen LogP contribution in [0.3, 0.4) is 0 Å². The molecule has 0 aromatic carbocycles. The van der Waals surface area contributed by atoms with E-state index < -0.39 is 0 Å². The lowest BCUT2D eigenvalue weighted by Gasteiger charge is -2.05. The molecule has 0 spiro atoms. The van der Waals surface area contributed by atoms with E-state index in [4.69, 9.17) is 5.73 Å². The Kier molecular flexibility index (Phi) is 3.92. The van der Waals surface area contributed by atoms with E-state index in [-0.39, 0.29) is 0 Å². The summed E-state index contributed by atoms with van der Waals surface area (Å²) in [5.41, 5.74) is 8.47. The van der Waals surface area contributed by atoms with Crippen molar-refractivity contribution in [2.45, 2.75) is 24.4 Å². The predicted molar refractivity (Wildman–Crippen MR) is 65.5 cm³/mol. The van der Waals surface area contributed by atoms with Crippen molar-refractivity contribution >= 4 is 23.1 Å². The number of rotatable bonds is 5. The Hall–Kier alpha value is -0.920. The Labute approximate surface area is 102 Å². The number of thiazole rings is 1. The summed E-state index contributed by atoms with van der Waals surface area (Å²) in [6.45, 7) is 3.30. The maximum Gasteiger partial charge on any atom is 0.191 e. The van der Waals surface area contributed by atoms with Gasteiger partial charge in [-0.25, -0.2) is 4.98 Å². The number of hydrogen-bond donors (Lipinski definition) is 1. The minimum Gasteiger partial charge on any atom is -0.329 e. The van der Waals surface area contributed by atoms with E-state index in [9.17, 15) is 0 Å². The molecule has 0 unspecified atom stereocenters. The van der Waals surface area contributed by atoms with Crippen LogP contribution in [-0.2, 0) is 12.3 Å². The highest BCUT2D eigenvalue weighted by Crippen LogP contribution is 2.21. The number of aryl methyl sites for hydroxylation is 1. The molecule has 0 saturated heterocycles. The molecule has 2 heterocycles. The predicted octanol–water partition coefficient (Wildman–Crippen LogP) is 1.29. The molecule has 7 heteroatoms. The Morgan fingerprint density at radius 1 is 1.50 bits per heavy atom. The lowest BCUT2D eigenvalue weighted by atomic mass is 10.6. The van der Waals surface area contributed by atoms with E-state index in [1.165, 1.54) is 0 Å². The number of aromatic nitrogens is 4. The summed E-state index contributed by atoms with van der Waals surface area (Å²) in [4.78, 5) is 4.23. The van der Waals surface area contributed by atoms with Gasteiger partial charge in [-0.05, 0) is 6.92 Å². The van der Waals surface area contributed by atoms with Crippen LogP contribution >= 0.6 is 23.1 Å². The lowest BCUT2D eigenvalue weighted by Crippen LogP contribution is -2.12. The second-order valence-electron chi connectivity index (χ2n) is 3.24. The third-order valence-electron chi connectivity index (χ3n) is 2.09. The minimum atomic E-state index is 0.600. The Morgan fingerprint density at radius 2 is 2.38 bits per heavy atom. The van der Waals surface area contributed by atoms with Crippen LogP contribution in [0.5, 0.6) is 0 Å². The van der Waals surface area contributed by atoms with Crippen molar-refractivity contribution in [2.24, 2.45) is 5.73 Å². The van der Waals surface area contributed by atoms with Gasteiger partial charge < -0.3 is 10.3 Å². The third kappa shape index (κ3) is 2.60. The molecule has 0 fully saturated rings. The van der Waals surface area contributed by atoms with E-state index >= 15 is 0 Å². The monoisotopic (exact) mass is 255 g/mol. The first-order valence-electron chi connectivity index (χ1n) is 4.91. The summed E-state index contributed by atoms with van der Waals surface area (Å²) < 4.78 is 2.04. The van der Waals surface area contributed by atoms with Crippen LogP contribution < -0.4 is 5.73 Å². The van der Waals surface area contributed by atoms with Crippen molar-refractivity contribution in [3.8, 4) is 0 Å². The fraction of sp³-hybridized carbons (Fsp3) is 0.444. The van der Waals surface area contributed by atoms with Gasteiger partial charge in [0.25, 0.3) is 0 Å². The quantitative estimate of drug-likeness (QED) is 0.815. The number of hydrogen-bond acceptors (Lipinski definition) is 6. The molecule has 5 nitrogen and oxygen atoms in total. The number of thioether (sulfide) groups is 1. The fourth-order valence-corrected chi connectivity index (χ4v) is 2.88. The Bertz CT molecular complexity index is 437. The van der Waals surface area contributed by atoms with E-state index in [1.54, 1.807) is 23.1 Å². The molecule has 16 heavy (non-hydrogen) atoms. The number of nitrogens with two attached hydrogens (primary N) is 1. The van der Waals surface area contributed by atoms with E-state index in [0.717, 1.165) is 29.0 Å². The van der Waals surface area contributed by atoms with Crippen LogP contribution in [0.15, 0.2) is 16.0 Å². The van der Waals surface area contributed by atoms with Gasteiger partial charge in [0.15, 0.2) is 5.16 Å². The van der Waals surface area contributed by atoms with Crippen LogP contribution in [0.25, 0.3) is 0 Å². The molecular formula is C9H13N5S2. The highest BCUT2D eigenvalue weighted by molar-refractivity contribution is 7.98. The molecule has 0 atom stereocenters. The Morgan fingerprint density at radius 3 is 3.06 bits per heavy atom. The molecule has 0 bridgehead atoms. The molecular weight excluding hydrogens is 242 g/mol. The second-order valence-corrected chi connectivity index (χ2v) is 4.90. The average Bonchev–Trinajstić information content (AvgIpc) is 2.89. The van der Waals surface area contributed by atoms with E-state index in [1.807, 2.05) is 22.4 Å². The van der Waals surface area contributed by atoms with Crippen molar-refractivity contribution in [3.63, 3.8) is 0 Å². The summed E-state index contributed by atoms with van der Waals surface area (Å²) in [5.74, 6) is 1.73. The van der Waals surface area contributed by atoms with Gasteiger partial charge >= 0.3 is 0 Å². The summed E-state index contributed by atoms with van der Waals surface area (Å²) >= 11 is 3.25. The SMILES string of the molecule is Cc1nnc(SCc2cscn2)n1CCN. The fourth-order valence-electron chi connectivity index (χ4n) is 1.30. The number of nitrogens with zero attached hydrogens (tertiary/aromatic N) is 4. The molecule has 2 rings (SSSR count). The van der Waals surface area contributed by atoms with Crippen molar-refractivity contribution in [3.05, 3.63) is 22.4 Å². The van der Waals surface area contributed by atoms with E-state index in [2.05, 4.69) is 15.2 Å². The maximum atomic E-state index is 5.55. The molecule has 0 radical (unpaired) electrons. The van der Waals surface area contributed by atoms with Gasteiger partial charge in [-0.1, -0.05) is 11.8 Å². The van der Waals surface area contributed by atoms with Gasteiger partial charge in [-0.3, -0.25) is 0 Å². The van der Waals surface area contributed by atoms with Crippen LogP contribution in [0, 0.1) is 6.92 Å². The smallest absolute Gasteiger partial charge is 0.191 e. The summed E-state index contributed by atoms with van der Waals surface area (Å²) in [6, 6.07) is 0. The molecule has 0 aliphatic rings. The zero-order chi connectivity index (χ0) is 11.4. The summed E-state index contributed by atoms with van der Waals surface area (Å²) in [6.07, 6.45) is 0. The normalized spacial score (nSPS) is 10.9. The van der Waals surface area contributed by atoms with Crippen molar-refractivity contribution in [1.82, 2.24) is 19.7 Å². The van der Waals surface area contributed by atoms with Crippen molar-refractivity contribution < 1.29 is 0 Å². The van der Waals surface area contributed by atoms with Crippen LogP contribution in [0.1, 0.15) is 11.5 Å². The molecule has 0 aliphatic heterocycles. The molecule has 2 aromatic rings. The van der Waals surface area contributed by atoms with Crippen LogP contribution in [0.4, 0.5) is 0 Å². The largest absolute Gasteiger partial charge is 0.329 e. The molecule has 0 saturated carbocycles. The van der Waals surface area contributed by atoms with Gasteiger partial charge in [0.2, 0.25) is 0 Å². The standard InChI is InChI=1S/C9H13N5S2/c1-7-12-13-9(14(7)3-2-10)16-5-8-4-15-6-11-8/h4,6H,2-3,5,10H2,1H3. The molecule has 0 amide bonds. The van der Waals surface area contributed by atoms with Crippen LogP contribution in [0.2, 0.25) is 0 Å².